The molecule has 3 aromatic heterocycles. The molecule has 1 radical (unpaired) electrons. The molecule has 5 aromatic carbocycles. The molecule has 0 aliphatic heterocycles. The van der Waals surface area contributed by atoms with E-state index < -0.39 is 13.3 Å². The van der Waals surface area contributed by atoms with Crippen molar-refractivity contribution in [3.05, 3.63) is 150 Å². The Morgan fingerprint density at radius 2 is 1.37 bits per heavy atom. The molecule has 49 heavy (non-hydrogen) atoms. The van der Waals surface area contributed by atoms with E-state index in [1.54, 1.807) is 0 Å². The quantitative estimate of drug-likeness (QED) is 0.131. The summed E-state index contributed by atoms with van der Waals surface area (Å²) in [5.74, 6) is 7.14. The summed E-state index contributed by atoms with van der Waals surface area (Å²) in [5.41, 5.74) is 11.9. The Kier molecular flexibility index (Phi) is 10.0. The number of aryl methyl sites for hydroxylation is 3. The molecule has 0 aliphatic rings. The number of aromatic nitrogens is 2. The first-order valence-electron chi connectivity index (χ1n) is 16.4. The van der Waals surface area contributed by atoms with E-state index in [2.05, 4.69) is 122 Å². The number of rotatable bonds is 4. The van der Waals surface area contributed by atoms with E-state index in [1.165, 1.54) is 32.2 Å². The fourth-order valence-electron chi connectivity index (χ4n) is 6.49. The van der Waals surface area contributed by atoms with E-state index in [1.807, 2.05) is 54.9 Å². The Labute approximate surface area is 305 Å². The number of pyridine rings is 2. The molecule has 0 amide bonds. The zero-order valence-electron chi connectivity index (χ0n) is 28.7. The molecule has 0 aliphatic carbocycles. The van der Waals surface area contributed by atoms with Crippen LogP contribution in [0.15, 0.2) is 126 Å². The molecule has 0 bridgehead atoms. The first-order chi connectivity index (χ1) is 23.2. The maximum Gasteiger partial charge on any atom is 0 e. The number of hydrogen-bond donors (Lipinski definition) is 0. The fraction of sp³-hybridized carbons (Fsp3) is 0.136. The molecule has 0 fully saturated rings. The summed E-state index contributed by atoms with van der Waals surface area (Å²) in [5, 5.41) is 4.49. The van der Waals surface area contributed by atoms with Crippen LogP contribution >= 0.6 is 0 Å². The van der Waals surface area contributed by atoms with Crippen molar-refractivity contribution >= 4 is 50.4 Å². The second-order valence-corrected chi connectivity index (χ2v) is 24.2. The van der Waals surface area contributed by atoms with E-state index >= 15 is 0 Å². The third kappa shape index (κ3) is 7.19. The Balaban J connectivity index is 0.000000208. The molecule has 8 rings (SSSR count). The zero-order chi connectivity index (χ0) is 33.4. The minimum atomic E-state index is -1.72. The predicted molar refractivity (Wildman–Crippen MR) is 204 cm³/mol. The average Bonchev–Trinajstić information content (AvgIpc) is 3.46. The SMILES string of the molecule is Cc1cc(C)c(-c2ccc3c(c2)oc2c(-c4cc5ccccc5cn4)[c-]ccc23)c(C)c1.[CH3][Ge]([CH3])([CH3])[c]1ccc(-c2[c-]cccc2)nc1.[Ir]. The number of furan rings is 1. The minimum absolute atomic E-state index is 0. The fourth-order valence-corrected chi connectivity index (χ4v) is 8.66. The topological polar surface area (TPSA) is 38.9 Å². The molecule has 0 saturated heterocycles. The molecule has 0 saturated carbocycles. The van der Waals surface area contributed by atoms with Gasteiger partial charge in [0, 0.05) is 31.7 Å². The largest absolute Gasteiger partial charge is 0 e. The van der Waals surface area contributed by atoms with Gasteiger partial charge in [0.05, 0.1) is 5.58 Å². The van der Waals surface area contributed by atoms with Gasteiger partial charge in [0.25, 0.3) is 0 Å². The monoisotopic (exact) mass is 877 g/mol. The van der Waals surface area contributed by atoms with Crippen LogP contribution in [0.25, 0.3) is 66.4 Å². The molecule has 3 nitrogen and oxygen atoms in total. The third-order valence-corrected chi connectivity index (χ3v) is 13.2. The molecule has 8 aromatic rings. The number of benzene rings is 5. The summed E-state index contributed by atoms with van der Waals surface area (Å²) in [6.07, 6.45) is 3.96. The van der Waals surface area contributed by atoms with Crippen molar-refractivity contribution < 1.29 is 24.5 Å². The Morgan fingerprint density at radius 3 is 2.06 bits per heavy atom. The Morgan fingerprint density at radius 1 is 0.633 bits per heavy atom. The van der Waals surface area contributed by atoms with Crippen LogP contribution in [0.3, 0.4) is 0 Å². The molecular weight excluding hydrogens is 837 g/mol. The molecule has 245 valence electrons. The first-order valence-corrected chi connectivity index (χ1v) is 23.7. The maximum atomic E-state index is 6.44. The molecular formula is C44H38GeIrN2O-2. The Bertz CT molecular complexity index is 2390. The van der Waals surface area contributed by atoms with Crippen LogP contribution in [0.2, 0.25) is 17.3 Å². The second kappa shape index (κ2) is 14.2. The van der Waals surface area contributed by atoms with Gasteiger partial charge < -0.3 is 9.40 Å². The van der Waals surface area contributed by atoms with E-state index in [-0.39, 0.29) is 20.1 Å². The van der Waals surface area contributed by atoms with Crippen LogP contribution in [0.5, 0.6) is 0 Å². The van der Waals surface area contributed by atoms with E-state index in [9.17, 15) is 0 Å². The molecule has 5 heteroatoms. The van der Waals surface area contributed by atoms with Crippen molar-refractivity contribution in [1.29, 1.82) is 0 Å². The van der Waals surface area contributed by atoms with E-state index in [0.29, 0.717) is 0 Å². The van der Waals surface area contributed by atoms with Gasteiger partial charge in [-0.25, -0.2) is 0 Å². The van der Waals surface area contributed by atoms with Gasteiger partial charge in [-0.1, -0.05) is 71.1 Å². The standard InChI is InChI=1S/C30H22NO.C14H16GeN.Ir/c1-18-13-19(2)29(20(3)14-18)22-11-12-24-25-9-6-10-26(30(25)32-28(24)16-22)27-15-21-7-4-5-8-23(21)17-31-27;1-15(2,3)13-9-10-14(16-11-13)12-7-5-4-6-8-12;/h4-9,11-17H,1-3H3;4-7,9-11H,1-3H3;/q2*-1;. The van der Waals surface area contributed by atoms with Crippen LogP contribution < -0.4 is 4.40 Å². The zero-order valence-corrected chi connectivity index (χ0v) is 33.2. The molecule has 0 N–H and O–H groups in total. The van der Waals surface area contributed by atoms with Crippen LogP contribution in [-0.2, 0) is 20.1 Å². The Hall–Kier alpha value is -4.35. The van der Waals surface area contributed by atoms with Gasteiger partial charge in [-0.05, 0) is 65.6 Å². The summed E-state index contributed by atoms with van der Waals surface area (Å²) in [7, 11) is 0. The molecule has 0 atom stereocenters. The maximum absolute atomic E-state index is 6.44. The summed E-state index contributed by atoms with van der Waals surface area (Å²) < 4.78 is 7.89. The van der Waals surface area contributed by atoms with Crippen molar-refractivity contribution in [2.24, 2.45) is 0 Å². The normalized spacial score (nSPS) is 11.3. The number of fused-ring (bicyclic) bond motifs is 4. The minimum Gasteiger partial charge on any atom is 0 e. The summed E-state index contributed by atoms with van der Waals surface area (Å²) in [6.45, 7) is 6.50. The third-order valence-electron chi connectivity index (χ3n) is 8.90. The van der Waals surface area contributed by atoms with Gasteiger partial charge in [0.2, 0.25) is 0 Å². The van der Waals surface area contributed by atoms with Crippen molar-refractivity contribution in [3.63, 3.8) is 0 Å². The molecule has 3 heterocycles. The summed E-state index contributed by atoms with van der Waals surface area (Å²) in [6, 6.07) is 44.3. The predicted octanol–water partition coefficient (Wildman–Crippen LogP) is 11.3. The van der Waals surface area contributed by atoms with Crippen LogP contribution in [-0.4, -0.2) is 23.2 Å². The van der Waals surface area contributed by atoms with Gasteiger partial charge in [-0.3, -0.25) is 0 Å². The van der Waals surface area contributed by atoms with Gasteiger partial charge >= 0.3 is 99.8 Å². The van der Waals surface area contributed by atoms with Gasteiger partial charge in [0.15, 0.2) is 0 Å². The molecule has 0 spiro atoms. The second-order valence-electron chi connectivity index (χ2n) is 13.6. The smallest absolute Gasteiger partial charge is 0 e. The van der Waals surface area contributed by atoms with Crippen LogP contribution in [0.1, 0.15) is 16.7 Å². The number of hydrogen-bond acceptors (Lipinski definition) is 3. The van der Waals surface area contributed by atoms with E-state index in [0.717, 1.165) is 55.2 Å². The van der Waals surface area contributed by atoms with Crippen molar-refractivity contribution in [2.75, 3.05) is 0 Å². The average molecular weight is 876 g/mol. The van der Waals surface area contributed by atoms with Crippen LogP contribution in [0, 0.1) is 32.9 Å². The summed E-state index contributed by atoms with van der Waals surface area (Å²) >= 11 is -1.72. The first kappa shape index (κ1) is 34.5. The van der Waals surface area contributed by atoms with Crippen LogP contribution in [0.4, 0.5) is 0 Å². The number of nitrogens with zero attached hydrogens (tertiary/aromatic N) is 2. The van der Waals surface area contributed by atoms with Gasteiger partial charge in [-0.2, -0.15) is 0 Å². The summed E-state index contributed by atoms with van der Waals surface area (Å²) in [4.78, 5) is 9.23. The van der Waals surface area contributed by atoms with Crippen molar-refractivity contribution in [3.8, 4) is 33.6 Å². The van der Waals surface area contributed by atoms with E-state index in [4.69, 9.17) is 9.40 Å². The van der Waals surface area contributed by atoms with Gasteiger partial charge in [-0.15, -0.1) is 18.2 Å². The van der Waals surface area contributed by atoms with Crippen molar-refractivity contribution in [2.45, 2.75) is 38.0 Å². The molecule has 0 unspecified atom stereocenters. The van der Waals surface area contributed by atoms with Gasteiger partial charge in [0.1, 0.15) is 5.58 Å². The van der Waals surface area contributed by atoms with Crippen molar-refractivity contribution in [1.82, 2.24) is 9.97 Å².